The first kappa shape index (κ1) is 24.9. The first-order valence-electron chi connectivity index (χ1n) is 11.9. The Morgan fingerprint density at radius 1 is 1.09 bits per heavy atom. The smallest absolute Gasteiger partial charge is 0.410 e. The third-order valence-corrected chi connectivity index (χ3v) is 7.20. The second-order valence-corrected chi connectivity index (χ2v) is 9.67. The van der Waals surface area contributed by atoms with Crippen molar-refractivity contribution < 1.29 is 24.2 Å². The number of halogens is 1. The minimum Gasteiger partial charge on any atom is -0.481 e. The summed E-state index contributed by atoms with van der Waals surface area (Å²) >= 11 is 6.25. The van der Waals surface area contributed by atoms with Gasteiger partial charge in [0, 0.05) is 25.2 Å². The van der Waals surface area contributed by atoms with Crippen molar-refractivity contribution in [3.05, 3.63) is 58.1 Å². The first-order chi connectivity index (χ1) is 16.8. The molecule has 186 valence electrons. The number of anilines is 2. The second kappa shape index (κ2) is 11.0. The first-order valence-corrected chi connectivity index (χ1v) is 12.3. The average Bonchev–Trinajstić information content (AvgIpc) is 2.82. The van der Waals surface area contributed by atoms with Gasteiger partial charge in [-0.3, -0.25) is 4.79 Å². The van der Waals surface area contributed by atoms with Crippen LogP contribution in [0.25, 0.3) is 0 Å². The monoisotopic (exact) mass is 499 g/mol. The Kier molecular flexibility index (Phi) is 7.80. The summed E-state index contributed by atoms with van der Waals surface area (Å²) in [5.41, 5.74) is 4.19. The number of aryl methyl sites for hydroxylation is 1. The van der Waals surface area contributed by atoms with E-state index in [0.29, 0.717) is 48.7 Å². The molecule has 35 heavy (non-hydrogen) atoms. The average molecular weight is 500 g/mol. The molecule has 1 fully saturated rings. The summed E-state index contributed by atoms with van der Waals surface area (Å²) in [4.78, 5) is 37.7. The molecule has 1 aliphatic heterocycles. The normalized spacial score (nSPS) is 19.4. The fraction of sp³-hybridized carbons (Fsp3) is 0.423. The van der Waals surface area contributed by atoms with E-state index in [1.807, 2.05) is 37.3 Å². The molecule has 0 bridgehead atoms. The minimum atomic E-state index is -0.771. The van der Waals surface area contributed by atoms with Gasteiger partial charge < -0.3 is 25.4 Å². The van der Waals surface area contributed by atoms with Gasteiger partial charge in [0.1, 0.15) is 6.10 Å². The quantitative estimate of drug-likeness (QED) is 0.480. The number of carbonyl (C=O) groups is 3. The SMILES string of the molecule is Cc1cccc(NC(=O)Nc2ccc3c(c2)CCN(C(=O)OC2CCC(CC(=O)O)CC2)C3)c1Cl. The molecular formula is C26H30ClN3O5. The van der Waals surface area contributed by atoms with E-state index in [-0.39, 0.29) is 30.6 Å². The maximum atomic E-state index is 12.7. The summed E-state index contributed by atoms with van der Waals surface area (Å²) in [6.45, 7) is 2.86. The Labute approximate surface area is 209 Å². The molecule has 3 amide bonds. The van der Waals surface area contributed by atoms with Crippen LogP contribution in [0.2, 0.25) is 5.02 Å². The highest BCUT2D eigenvalue weighted by molar-refractivity contribution is 6.34. The third kappa shape index (κ3) is 6.45. The van der Waals surface area contributed by atoms with Gasteiger partial charge >= 0.3 is 18.1 Å². The van der Waals surface area contributed by atoms with Crippen LogP contribution in [0.4, 0.5) is 21.0 Å². The van der Waals surface area contributed by atoms with Gasteiger partial charge in [0.25, 0.3) is 0 Å². The zero-order chi connectivity index (χ0) is 24.9. The van der Waals surface area contributed by atoms with E-state index >= 15 is 0 Å². The molecule has 9 heteroatoms. The molecule has 0 saturated heterocycles. The lowest BCUT2D eigenvalue weighted by molar-refractivity contribution is -0.138. The van der Waals surface area contributed by atoms with Crippen LogP contribution in [-0.2, 0) is 22.5 Å². The van der Waals surface area contributed by atoms with Gasteiger partial charge in [-0.25, -0.2) is 9.59 Å². The summed E-state index contributed by atoms with van der Waals surface area (Å²) in [5, 5.41) is 15.1. The molecule has 0 radical (unpaired) electrons. The molecular weight excluding hydrogens is 470 g/mol. The Morgan fingerprint density at radius 3 is 2.60 bits per heavy atom. The molecule has 1 saturated carbocycles. The van der Waals surface area contributed by atoms with Crippen LogP contribution in [0.1, 0.15) is 48.8 Å². The molecule has 0 aromatic heterocycles. The number of urea groups is 1. The lowest BCUT2D eigenvalue weighted by Gasteiger charge is -2.32. The third-order valence-electron chi connectivity index (χ3n) is 6.70. The number of rotatable bonds is 5. The maximum absolute atomic E-state index is 12.7. The number of carboxylic acid groups (broad SMARTS) is 1. The Bertz CT molecular complexity index is 1110. The summed E-state index contributed by atoms with van der Waals surface area (Å²) in [6.07, 6.45) is 3.32. The van der Waals surface area contributed by atoms with Gasteiger partial charge in [0.05, 0.1) is 10.7 Å². The molecule has 2 aliphatic rings. The number of carboxylic acids is 1. The summed E-state index contributed by atoms with van der Waals surface area (Å²) in [5.74, 6) is -0.602. The largest absolute Gasteiger partial charge is 0.481 e. The number of hydrogen-bond acceptors (Lipinski definition) is 4. The van der Waals surface area contributed by atoms with Crippen molar-refractivity contribution in [3.63, 3.8) is 0 Å². The zero-order valence-corrected chi connectivity index (χ0v) is 20.4. The molecule has 4 rings (SSSR count). The van der Waals surface area contributed by atoms with Crippen LogP contribution in [0, 0.1) is 12.8 Å². The predicted molar refractivity (Wildman–Crippen MR) is 134 cm³/mol. The Morgan fingerprint density at radius 2 is 1.86 bits per heavy atom. The second-order valence-electron chi connectivity index (χ2n) is 9.29. The summed E-state index contributed by atoms with van der Waals surface area (Å²) in [6, 6.07) is 10.7. The molecule has 3 N–H and O–H groups in total. The Hall–Kier alpha value is -3.26. The van der Waals surface area contributed by atoms with E-state index in [9.17, 15) is 14.4 Å². The molecule has 2 aromatic carbocycles. The van der Waals surface area contributed by atoms with Crippen molar-refractivity contribution >= 4 is 41.1 Å². The van der Waals surface area contributed by atoms with Gasteiger partial charge in [-0.2, -0.15) is 0 Å². The van der Waals surface area contributed by atoms with Crippen LogP contribution < -0.4 is 10.6 Å². The van der Waals surface area contributed by atoms with Crippen molar-refractivity contribution in [3.8, 4) is 0 Å². The highest BCUT2D eigenvalue weighted by atomic mass is 35.5. The van der Waals surface area contributed by atoms with E-state index in [1.165, 1.54) is 0 Å². The van der Waals surface area contributed by atoms with Crippen molar-refractivity contribution in [1.82, 2.24) is 4.90 Å². The van der Waals surface area contributed by atoms with Crippen molar-refractivity contribution in [1.29, 1.82) is 0 Å². The van der Waals surface area contributed by atoms with Crippen molar-refractivity contribution in [2.45, 2.75) is 58.1 Å². The topological polar surface area (TPSA) is 108 Å². The molecule has 1 aliphatic carbocycles. The van der Waals surface area contributed by atoms with E-state index in [1.54, 1.807) is 11.0 Å². The molecule has 1 heterocycles. The number of nitrogens with zero attached hydrogens (tertiary/aromatic N) is 1. The molecule has 8 nitrogen and oxygen atoms in total. The number of benzene rings is 2. The van der Waals surface area contributed by atoms with Crippen LogP contribution in [0.15, 0.2) is 36.4 Å². The lowest BCUT2D eigenvalue weighted by atomic mass is 9.85. The van der Waals surface area contributed by atoms with Gasteiger partial charge in [-0.15, -0.1) is 0 Å². The minimum absolute atomic E-state index is 0.152. The predicted octanol–water partition coefficient (Wildman–Crippen LogP) is 5.82. The number of carbonyl (C=O) groups excluding carboxylic acids is 2. The van der Waals surface area contributed by atoms with Crippen LogP contribution >= 0.6 is 11.6 Å². The lowest BCUT2D eigenvalue weighted by Crippen LogP contribution is -2.39. The van der Waals surface area contributed by atoms with Gasteiger partial charge in [-0.05, 0) is 79.8 Å². The van der Waals surface area contributed by atoms with E-state index in [0.717, 1.165) is 29.5 Å². The van der Waals surface area contributed by atoms with Crippen molar-refractivity contribution in [2.75, 3.05) is 17.2 Å². The number of hydrogen-bond donors (Lipinski definition) is 3. The highest BCUT2D eigenvalue weighted by Gasteiger charge is 2.28. The maximum Gasteiger partial charge on any atom is 0.410 e. The van der Waals surface area contributed by atoms with Gasteiger partial charge in [0.2, 0.25) is 0 Å². The van der Waals surface area contributed by atoms with Gasteiger partial charge in [0.15, 0.2) is 0 Å². The van der Waals surface area contributed by atoms with Crippen LogP contribution in [-0.4, -0.2) is 40.7 Å². The highest BCUT2D eigenvalue weighted by Crippen LogP contribution is 2.30. The molecule has 0 unspecified atom stereocenters. The molecule has 2 aromatic rings. The van der Waals surface area contributed by atoms with E-state index in [4.69, 9.17) is 21.4 Å². The fourth-order valence-electron chi connectivity index (χ4n) is 4.73. The van der Waals surface area contributed by atoms with E-state index in [2.05, 4.69) is 10.6 Å². The number of nitrogens with one attached hydrogen (secondary N) is 2. The fourth-order valence-corrected chi connectivity index (χ4v) is 4.91. The van der Waals surface area contributed by atoms with Crippen molar-refractivity contribution in [2.24, 2.45) is 5.92 Å². The number of aliphatic carboxylic acids is 1. The summed E-state index contributed by atoms with van der Waals surface area (Å²) < 4.78 is 5.71. The van der Waals surface area contributed by atoms with Crippen LogP contribution in [0.5, 0.6) is 0 Å². The standard InChI is InChI=1S/C26H30ClN3O5/c1-16-3-2-4-22(24(16)27)29-25(33)28-20-8-7-19-15-30(12-11-18(19)14-20)26(34)35-21-9-5-17(6-10-21)13-23(31)32/h2-4,7-8,14,17,21H,5-6,9-13,15H2,1H3,(H,31,32)(H2,28,29,33). The number of amides is 3. The Balaban J connectivity index is 1.28. The van der Waals surface area contributed by atoms with E-state index < -0.39 is 5.97 Å². The molecule has 0 spiro atoms. The number of ether oxygens (including phenoxy) is 1. The molecule has 0 atom stereocenters. The summed E-state index contributed by atoms with van der Waals surface area (Å²) in [7, 11) is 0. The zero-order valence-electron chi connectivity index (χ0n) is 19.7. The van der Waals surface area contributed by atoms with Crippen LogP contribution in [0.3, 0.4) is 0 Å². The van der Waals surface area contributed by atoms with Gasteiger partial charge in [-0.1, -0.05) is 29.8 Å². The number of fused-ring (bicyclic) bond motifs is 1.